The summed E-state index contributed by atoms with van der Waals surface area (Å²) in [6.07, 6.45) is 0. The number of nitrogen functional groups attached to an aromatic ring is 1. The number of nitrogens with two attached hydrogens (primary N) is 1. The van der Waals surface area contributed by atoms with Crippen LogP contribution in [0.15, 0.2) is 17.5 Å². The Bertz CT molecular complexity index is 541. The second-order valence-electron chi connectivity index (χ2n) is 3.98. The van der Waals surface area contributed by atoms with Gasteiger partial charge in [0.2, 0.25) is 5.88 Å². The number of rotatable bonds is 4. The molecule has 5 nitrogen and oxygen atoms in total. The maximum atomic E-state index is 5.93. The molecule has 2 aromatic heterocycles. The van der Waals surface area contributed by atoms with E-state index in [9.17, 15) is 0 Å². The van der Waals surface area contributed by atoms with E-state index in [2.05, 4.69) is 9.97 Å². The van der Waals surface area contributed by atoms with Crippen LogP contribution in [-0.2, 0) is 6.54 Å². The number of aryl methyl sites for hydroxylation is 1. The predicted octanol–water partition coefficient (Wildman–Crippen LogP) is 2.07. The largest absolute Gasteiger partial charge is 0.481 e. The van der Waals surface area contributed by atoms with Crippen LogP contribution in [0.3, 0.4) is 0 Å². The zero-order valence-electron chi connectivity index (χ0n) is 10.7. The summed E-state index contributed by atoms with van der Waals surface area (Å²) in [4.78, 5) is 10.7. The number of hydrogen-bond acceptors (Lipinski definition) is 6. The zero-order valence-corrected chi connectivity index (χ0v) is 11.5. The standard InChI is InChI=1S/C12H16N4OS/c1-8-14-9(7-18-8)6-16(2)12-10(13)4-5-11(15-12)17-3/h4-5,7H,6,13H2,1-3H3. The monoisotopic (exact) mass is 264 g/mol. The van der Waals surface area contributed by atoms with Gasteiger partial charge in [-0.1, -0.05) is 0 Å². The Hall–Kier alpha value is -1.82. The van der Waals surface area contributed by atoms with Crippen molar-refractivity contribution >= 4 is 22.8 Å². The van der Waals surface area contributed by atoms with Crippen LogP contribution in [0.25, 0.3) is 0 Å². The maximum absolute atomic E-state index is 5.93. The minimum Gasteiger partial charge on any atom is -0.481 e. The quantitative estimate of drug-likeness (QED) is 0.916. The molecule has 2 aromatic rings. The fraction of sp³-hybridized carbons (Fsp3) is 0.333. The lowest BCUT2D eigenvalue weighted by Gasteiger charge is -2.19. The fourth-order valence-electron chi connectivity index (χ4n) is 1.66. The van der Waals surface area contributed by atoms with Crippen molar-refractivity contribution in [2.24, 2.45) is 0 Å². The molecular weight excluding hydrogens is 248 g/mol. The molecule has 2 N–H and O–H groups in total. The van der Waals surface area contributed by atoms with E-state index in [0.29, 0.717) is 23.9 Å². The van der Waals surface area contributed by atoms with Crippen LogP contribution in [-0.4, -0.2) is 24.1 Å². The minimum absolute atomic E-state index is 0.556. The van der Waals surface area contributed by atoms with Crippen LogP contribution < -0.4 is 15.4 Å². The van der Waals surface area contributed by atoms with Crippen molar-refractivity contribution in [1.29, 1.82) is 0 Å². The van der Waals surface area contributed by atoms with Gasteiger partial charge in [-0.15, -0.1) is 11.3 Å². The smallest absolute Gasteiger partial charge is 0.215 e. The van der Waals surface area contributed by atoms with Gasteiger partial charge in [0.25, 0.3) is 0 Å². The van der Waals surface area contributed by atoms with Crippen molar-refractivity contribution in [2.45, 2.75) is 13.5 Å². The fourth-order valence-corrected chi connectivity index (χ4v) is 2.26. The third kappa shape index (κ3) is 2.70. The summed E-state index contributed by atoms with van der Waals surface area (Å²) in [5.41, 5.74) is 7.57. The molecule has 2 rings (SSSR count). The number of hydrogen-bond donors (Lipinski definition) is 1. The van der Waals surface area contributed by atoms with E-state index in [1.54, 1.807) is 30.6 Å². The van der Waals surface area contributed by atoms with Gasteiger partial charge in [0.1, 0.15) is 0 Å². The first-order valence-corrected chi connectivity index (χ1v) is 6.40. The highest BCUT2D eigenvalue weighted by atomic mass is 32.1. The summed E-state index contributed by atoms with van der Waals surface area (Å²) in [7, 11) is 3.53. The molecule has 6 heteroatoms. The Kier molecular flexibility index (Phi) is 3.66. The van der Waals surface area contributed by atoms with Crippen LogP contribution in [0.1, 0.15) is 10.7 Å². The number of aromatic nitrogens is 2. The summed E-state index contributed by atoms with van der Waals surface area (Å²) in [5, 5.41) is 3.10. The summed E-state index contributed by atoms with van der Waals surface area (Å²) in [5.74, 6) is 1.26. The van der Waals surface area contributed by atoms with Gasteiger partial charge in [0.05, 0.1) is 30.0 Å². The highest BCUT2D eigenvalue weighted by molar-refractivity contribution is 7.09. The van der Waals surface area contributed by atoms with Crippen molar-refractivity contribution in [2.75, 3.05) is 24.8 Å². The van der Waals surface area contributed by atoms with Crippen LogP contribution in [0, 0.1) is 6.92 Å². The lowest BCUT2D eigenvalue weighted by molar-refractivity contribution is 0.398. The molecule has 0 saturated carbocycles. The molecule has 2 heterocycles. The summed E-state index contributed by atoms with van der Waals surface area (Å²) in [6.45, 7) is 2.67. The van der Waals surface area contributed by atoms with E-state index in [1.165, 1.54) is 0 Å². The van der Waals surface area contributed by atoms with Crippen molar-refractivity contribution in [3.05, 3.63) is 28.2 Å². The normalized spacial score (nSPS) is 10.4. The van der Waals surface area contributed by atoms with Crippen molar-refractivity contribution < 1.29 is 4.74 Å². The van der Waals surface area contributed by atoms with Gasteiger partial charge in [-0.2, -0.15) is 4.98 Å². The first kappa shape index (κ1) is 12.6. The molecule has 0 saturated heterocycles. The van der Waals surface area contributed by atoms with Crippen LogP contribution in [0.4, 0.5) is 11.5 Å². The number of nitrogens with zero attached hydrogens (tertiary/aromatic N) is 3. The maximum Gasteiger partial charge on any atom is 0.215 e. The lowest BCUT2D eigenvalue weighted by Crippen LogP contribution is -2.19. The number of thiazole rings is 1. The summed E-state index contributed by atoms with van der Waals surface area (Å²) >= 11 is 1.64. The van der Waals surface area contributed by atoms with Crippen molar-refractivity contribution in [3.63, 3.8) is 0 Å². The van der Waals surface area contributed by atoms with Gasteiger partial charge >= 0.3 is 0 Å². The average molecular weight is 264 g/mol. The summed E-state index contributed by atoms with van der Waals surface area (Å²) < 4.78 is 5.11. The second kappa shape index (κ2) is 5.22. The molecule has 0 aromatic carbocycles. The molecule has 0 spiro atoms. The summed E-state index contributed by atoms with van der Waals surface area (Å²) in [6, 6.07) is 3.55. The molecule has 0 atom stereocenters. The predicted molar refractivity (Wildman–Crippen MR) is 74.2 cm³/mol. The first-order valence-electron chi connectivity index (χ1n) is 5.53. The topological polar surface area (TPSA) is 64.3 Å². The van der Waals surface area contributed by atoms with Gasteiger partial charge in [0, 0.05) is 18.5 Å². The third-order valence-electron chi connectivity index (χ3n) is 2.52. The Labute approximate surface area is 110 Å². The van der Waals surface area contributed by atoms with Gasteiger partial charge in [-0.25, -0.2) is 4.98 Å². The van der Waals surface area contributed by atoms with Gasteiger partial charge in [-0.05, 0) is 13.0 Å². The van der Waals surface area contributed by atoms with Crippen molar-refractivity contribution in [3.8, 4) is 5.88 Å². The molecule has 0 amide bonds. The van der Waals surface area contributed by atoms with Crippen LogP contribution >= 0.6 is 11.3 Å². The van der Waals surface area contributed by atoms with E-state index in [0.717, 1.165) is 10.7 Å². The van der Waals surface area contributed by atoms with Crippen LogP contribution in [0.2, 0.25) is 0 Å². The molecule has 0 radical (unpaired) electrons. The minimum atomic E-state index is 0.556. The van der Waals surface area contributed by atoms with E-state index in [-0.39, 0.29) is 0 Å². The zero-order chi connectivity index (χ0) is 13.1. The van der Waals surface area contributed by atoms with E-state index < -0.39 is 0 Å². The van der Waals surface area contributed by atoms with Crippen LogP contribution in [0.5, 0.6) is 5.88 Å². The average Bonchev–Trinajstić information content (AvgIpc) is 2.75. The van der Waals surface area contributed by atoms with Gasteiger partial charge in [-0.3, -0.25) is 0 Å². The first-order chi connectivity index (χ1) is 8.60. The molecule has 0 aliphatic carbocycles. The van der Waals surface area contributed by atoms with E-state index in [1.807, 2.05) is 24.3 Å². The number of ether oxygens (including phenoxy) is 1. The second-order valence-corrected chi connectivity index (χ2v) is 5.04. The highest BCUT2D eigenvalue weighted by Crippen LogP contribution is 2.24. The van der Waals surface area contributed by atoms with Crippen molar-refractivity contribution in [1.82, 2.24) is 9.97 Å². The molecule has 96 valence electrons. The van der Waals surface area contributed by atoms with E-state index >= 15 is 0 Å². The molecule has 0 unspecified atom stereocenters. The third-order valence-corrected chi connectivity index (χ3v) is 3.34. The molecular formula is C12H16N4OS. The number of methoxy groups -OCH3 is 1. The van der Waals surface area contributed by atoms with Gasteiger partial charge < -0.3 is 15.4 Å². The Morgan fingerprint density at radius 1 is 1.39 bits per heavy atom. The Balaban J connectivity index is 2.20. The SMILES string of the molecule is COc1ccc(N)c(N(C)Cc2csc(C)n2)n1. The van der Waals surface area contributed by atoms with E-state index in [4.69, 9.17) is 10.5 Å². The number of anilines is 2. The highest BCUT2D eigenvalue weighted by Gasteiger charge is 2.10. The number of pyridine rings is 1. The molecule has 0 aliphatic heterocycles. The van der Waals surface area contributed by atoms with Gasteiger partial charge in [0.15, 0.2) is 5.82 Å². The lowest BCUT2D eigenvalue weighted by atomic mass is 10.3. The molecule has 18 heavy (non-hydrogen) atoms. The molecule has 0 fully saturated rings. The molecule has 0 bridgehead atoms. The Morgan fingerprint density at radius 3 is 2.78 bits per heavy atom. The molecule has 0 aliphatic rings. The Morgan fingerprint density at radius 2 is 2.17 bits per heavy atom.